The van der Waals surface area contributed by atoms with Crippen molar-refractivity contribution in [3.05, 3.63) is 54.4 Å². The fraction of sp³-hybridized carbons (Fsp3) is 0.222. The average molecular weight is 323 g/mol. The lowest BCUT2D eigenvalue weighted by Gasteiger charge is -2.38. The zero-order chi connectivity index (χ0) is 16.5. The maximum absolute atomic E-state index is 12.5. The number of nitrogens with one attached hydrogen (secondary N) is 1. The molecular formula is C18H17N3O3. The predicted molar refractivity (Wildman–Crippen MR) is 89.4 cm³/mol. The van der Waals surface area contributed by atoms with Crippen molar-refractivity contribution in [3.8, 4) is 11.6 Å². The summed E-state index contributed by atoms with van der Waals surface area (Å²) in [5.74, 6) is 1.33. The number of hydrogen-bond donors (Lipinski definition) is 1. The molecule has 0 bridgehead atoms. The molecule has 1 saturated heterocycles. The number of ether oxygens (including phenoxy) is 2. The third-order valence-electron chi connectivity index (χ3n) is 4.12. The average Bonchev–Trinajstić information content (AvgIpc) is 3.01. The first-order valence-corrected chi connectivity index (χ1v) is 7.76. The number of pyridine rings is 1. The Bertz CT molecular complexity index is 870. The fourth-order valence-electron chi connectivity index (χ4n) is 2.78. The van der Waals surface area contributed by atoms with Crippen molar-refractivity contribution in [3.63, 3.8) is 0 Å². The number of aromatic amines is 1. The normalized spacial score (nSPS) is 14.5. The molecular weight excluding hydrogens is 306 g/mol. The van der Waals surface area contributed by atoms with E-state index in [-0.39, 0.29) is 12.0 Å². The molecule has 3 heterocycles. The van der Waals surface area contributed by atoms with Crippen LogP contribution in [0.15, 0.2) is 48.7 Å². The predicted octanol–water partition coefficient (Wildman–Crippen LogP) is 2.47. The van der Waals surface area contributed by atoms with Crippen LogP contribution >= 0.6 is 0 Å². The molecule has 122 valence electrons. The molecule has 6 nitrogen and oxygen atoms in total. The number of rotatable bonds is 4. The third kappa shape index (κ3) is 2.67. The molecule has 1 fully saturated rings. The number of aromatic nitrogens is 2. The number of carbonyl (C=O) groups is 1. The van der Waals surface area contributed by atoms with Crippen molar-refractivity contribution >= 4 is 16.8 Å². The molecule has 1 aliphatic rings. The lowest BCUT2D eigenvalue weighted by atomic mass is 10.1. The van der Waals surface area contributed by atoms with Gasteiger partial charge in [0, 0.05) is 29.2 Å². The highest BCUT2D eigenvalue weighted by molar-refractivity contribution is 5.98. The number of likely N-dealkylation sites (tertiary alicyclic amines) is 1. The van der Waals surface area contributed by atoms with Gasteiger partial charge in [0.25, 0.3) is 5.91 Å². The molecule has 1 N–H and O–H groups in total. The summed E-state index contributed by atoms with van der Waals surface area (Å²) in [6, 6.07) is 13.1. The highest BCUT2D eigenvalue weighted by Crippen LogP contribution is 2.23. The minimum Gasteiger partial charge on any atom is -0.497 e. The largest absolute Gasteiger partial charge is 0.497 e. The van der Waals surface area contributed by atoms with E-state index in [1.54, 1.807) is 18.2 Å². The minimum atomic E-state index is -0.0222. The Hall–Kier alpha value is -3.02. The summed E-state index contributed by atoms with van der Waals surface area (Å²) in [5, 5.41) is 0.987. The summed E-state index contributed by atoms with van der Waals surface area (Å²) in [6.45, 7) is 1.13. The number of benzene rings is 1. The Balaban J connectivity index is 1.42. The smallest absolute Gasteiger partial charge is 0.270 e. The van der Waals surface area contributed by atoms with Crippen molar-refractivity contribution < 1.29 is 14.3 Å². The van der Waals surface area contributed by atoms with Crippen LogP contribution in [-0.2, 0) is 0 Å². The molecule has 24 heavy (non-hydrogen) atoms. The van der Waals surface area contributed by atoms with Crippen LogP contribution in [0.25, 0.3) is 10.9 Å². The van der Waals surface area contributed by atoms with Crippen LogP contribution in [0.3, 0.4) is 0 Å². The summed E-state index contributed by atoms with van der Waals surface area (Å²) in [7, 11) is 1.62. The van der Waals surface area contributed by atoms with Crippen LogP contribution < -0.4 is 9.47 Å². The van der Waals surface area contributed by atoms with Gasteiger partial charge in [0.2, 0.25) is 5.88 Å². The second kappa shape index (κ2) is 5.88. The van der Waals surface area contributed by atoms with E-state index in [2.05, 4.69) is 9.97 Å². The second-order valence-corrected chi connectivity index (χ2v) is 5.75. The molecule has 2 aromatic heterocycles. The first-order valence-electron chi connectivity index (χ1n) is 7.76. The summed E-state index contributed by atoms with van der Waals surface area (Å²) in [5.41, 5.74) is 1.47. The number of methoxy groups -OCH3 is 1. The van der Waals surface area contributed by atoms with Crippen molar-refractivity contribution in [2.24, 2.45) is 0 Å². The number of nitrogens with zero attached hydrogens (tertiary/aromatic N) is 2. The Morgan fingerprint density at radius 2 is 2.12 bits per heavy atom. The van der Waals surface area contributed by atoms with Crippen molar-refractivity contribution in [1.29, 1.82) is 0 Å². The summed E-state index contributed by atoms with van der Waals surface area (Å²) in [4.78, 5) is 21.6. The van der Waals surface area contributed by atoms with Crippen LogP contribution in [0.2, 0.25) is 0 Å². The molecule has 1 amide bonds. The quantitative estimate of drug-likeness (QED) is 0.801. The van der Waals surface area contributed by atoms with Gasteiger partial charge in [-0.05, 0) is 24.3 Å². The lowest BCUT2D eigenvalue weighted by molar-refractivity contribution is 0.0156. The Morgan fingerprint density at radius 3 is 2.88 bits per heavy atom. The first-order chi connectivity index (χ1) is 11.7. The number of hydrogen-bond acceptors (Lipinski definition) is 4. The van der Waals surface area contributed by atoms with Gasteiger partial charge in [0.1, 0.15) is 17.5 Å². The fourth-order valence-corrected chi connectivity index (χ4v) is 2.78. The van der Waals surface area contributed by atoms with Crippen molar-refractivity contribution in [2.75, 3.05) is 20.2 Å². The van der Waals surface area contributed by atoms with E-state index >= 15 is 0 Å². The molecule has 0 aliphatic carbocycles. The van der Waals surface area contributed by atoms with E-state index in [1.165, 1.54) is 0 Å². The van der Waals surface area contributed by atoms with Gasteiger partial charge < -0.3 is 19.4 Å². The third-order valence-corrected chi connectivity index (χ3v) is 4.12. The number of H-pyrrole nitrogens is 1. The van der Waals surface area contributed by atoms with Crippen LogP contribution in [0, 0.1) is 0 Å². The minimum absolute atomic E-state index is 0.00618. The molecule has 4 rings (SSSR count). The maximum atomic E-state index is 12.5. The van der Waals surface area contributed by atoms with E-state index in [4.69, 9.17) is 9.47 Å². The van der Waals surface area contributed by atoms with Gasteiger partial charge >= 0.3 is 0 Å². The zero-order valence-corrected chi connectivity index (χ0v) is 13.2. The van der Waals surface area contributed by atoms with Crippen molar-refractivity contribution in [2.45, 2.75) is 6.10 Å². The van der Waals surface area contributed by atoms with E-state index in [9.17, 15) is 4.79 Å². The van der Waals surface area contributed by atoms with Gasteiger partial charge in [0.05, 0.1) is 20.2 Å². The van der Waals surface area contributed by atoms with E-state index in [0.717, 1.165) is 16.7 Å². The van der Waals surface area contributed by atoms with Crippen LogP contribution in [-0.4, -0.2) is 47.1 Å². The molecule has 0 radical (unpaired) electrons. The number of amides is 1. The second-order valence-electron chi connectivity index (χ2n) is 5.75. The van der Waals surface area contributed by atoms with Crippen molar-refractivity contribution in [1.82, 2.24) is 14.9 Å². The number of fused-ring (bicyclic) bond motifs is 1. The van der Waals surface area contributed by atoms with Gasteiger partial charge in [-0.2, -0.15) is 0 Å². The van der Waals surface area contributed by atoms with Gasteiger partial charge in [-0.3, -0.25) is 4.79 Å². The SMILES string of the molecule is COc1ccc2cc(C(=O)N3CC(Oc4ccccn4)C3)[nH]c2c1. The highest BCUT2D eigenvalue weighted by Gasteiger charge is 2.33. The molecule has 1 aliphatic heterocycles. The van der Waals surface area contributed by atoms with Crippen LogP contribution in [0.4, 0.5) is 0 Å². The first kappa shape index (κ1) is 14.6. The van der Waals surface area contributed by atoms with E-state index in [0.29, 0.717) is 24.7 Å². The highest BCUT2D eigenvalue weighted by atomic mass is 16.5. The number of carbonyl (C=O) groups excluding carboxylic acids is 1. The summed E-state index contributed by atoms with van der Waals surface area (Å²) < 4.78 is 10.9. The monoisotopic (exact) mass is 323 g/mol. The van der Waals surface area contributed by atoms with Crippen LogP contribution in [0.1, 0.15) is 10.5 Å². The summed E-state index contributed by atoms with van der Waals surface area (Å²) in [6.07, 6.45) is 1.68. The van der Waals surface area contributed by atoms with Gasteiger partial charge in [-0.1, -0.05) is 6.07 Å². The van der Waals surface area contributed by atoms with E-state index < -0.39 is 0 Å². The van der Waals surface area contributed by atoms with Gasteiger partial charge in [-0.25, -0.2) is 4.98 Å². The summed E-state index contributed by atoms with van der Waals surface area (Å²) >= 11 is 0. The molecule has 0 saturated carbocycles. The molecule has 6 heteroatoms. The standard InChI is InChI=1S/C18H17N3O3/c1-23-13-6-5-12-8-16(20-15(12)9-13)18(22)21-10-14(11-21)24-17-4-2-3-7-19-17/h2-9,14,20H,10-11H2,1H3. The molecule has 1 aromatic carbocycles. The molecule has 0 atom stereocenters. The van der Waals surface area contributed by atoms with Gasteiger partial charge in [0.15, 0.2) is 0 Å². The Labute approximate surface area is 139 Å². The Kier molecular flexibility index (Phi) is 3.57. The molecule has 0 spiro atoms. The van der Waals surface area contributed by atoms with E-state index in [1.807, 2.05) is 42.5 Å². The molecule has 0 unspecified atom stereocenters. The Morgan fingerprint density at radius 1 is 1.25 bits per heavy atom. The van der Waals surface area contributed by atoms with Crippen LogP contribution in [0.5, 0.6) is 11.6 Å². The maximum Gasteiger partial charge on any atom is 0.270 e. The lowest BCUT2D eigenvalue weighted by Crippen LogP contribution is -2.56. The molecule has 3 aromatic rings. The van der Waals surface area contributed by atoms with Gasteiger partial charge in [-0.15, -0.1) is 0 Å². The zero-order valence-electron chi connectivity index (χ0n) is 13.2. The topological polar surface area (TPSA) is 67.4 Å².